The summed E-state index contributed by atoms with van der Waals surface area (Å²) in [7, 11) is 1.77. The second-order valence-corrected chi connectivity index (χ2v) is 13.0. The van der Waals surface area contributed by atoms with E-state index in [4.69, 9.17) is 9.72 Å². The first kappa shape index (κ1) is 30.3. The third kappa shape index (κ3) is 5.89. The summed E-state index contributed by atoms with van der Waals surface area (Å²) in [6, 6.07) is 15.1. The van der Waals surface area contributed by atoms with Gasteiger partial charge in [0.25, 0.3) is 11.8 Å². The van der Waals surface area contributed by atoms with Crippen LogP contribution < -0.4 is 15.4 Å². The fourth-order valence-corrected chi connectivity index (χ4v) is 6.14. The van der Waals surface area contributed by atoms with Crippen LogP contribution >= 0.6 is 11.3 Å². The lowest BCUT2D eigenvalue weighted by atomic mass is 9.70. The van der Waals surface area contributed by atoms with Gasteiger partial charge in [0.05, 0.1) is 11.1 Å². The Hall–Kier alpha value is -4.71. The van der Waals surface area contributed by atoms with Crippen molar-refractivity contribution in [1.82, 2.24) is 30.4 Å². The summed E-state index contributed by atoms with van der Waals surface area (Å²) >= 11 is 1.05. The van der Waals surface area contributed by atoms with E-state index in [2.05, 4.69) is 25.8 Å². The van der Waals surface area contributed by atoms with Crippen molar-refractivity contribution in [2.24, 2.45) is 5.41 Å². The first-order valence-corrected chi connectivity index (χ1v) is 15.8. The minimum Gasteiger partial charge on any atom is -0.420 e. The van der Waals surface area contributed by atoms with Crippen LogP contribution in [0.3, 0.4) is 0 Å². The zero-order chi connectivity index (χ0) is 31.9. The highest BCUT2D eigenvalue weighted by atomic mass is 32.1. The van der Waals surface area contributed by atoms with Crippen LogP contribution in [-0.2, 0) is 4.79 Å². The maximum absolute atomic E-state index is 13.9. The first-order chi connectivity index (χ1) is 21.5. The van der Waals surface area contributed by atoms with E-state index in [1.807, 2.05) is 64.1 Å². The number of nitrogens with zero attached hydrogens (tertiary/aromatic N) is 5. The minimum atomic E-state index is -1.01. The van der Waals surface area contributed by atoms with Crippen LogP contribution in [0.1, 0.15) is 82.9 Å². The molecule has 232 valence electrons. The van der Waals surface area contributed by atoms with Gasteiger partial charge in [-0.2, -0.15) is 0 Å². The fourth-order valence-electron chi connectivity index (χ4n) is 5.50. The van der Waals surface area contributed by atoms with Crippen molar-refractivity contribution in [2.75, 3.05) is 18.9 Å². The molecule has 3 amide bonds. The van der Waals surface area contributed by atoms with Crippen molar-refractivity contribution in [3.05, 3.63) is 75.9 Å². The summed E-state index contributed by atoms with van der Waals surface area (Å²) < 4.78 is 6.25. The number of hydrogen-bond acceptors (Lipinski definition) is 9. The first-order valence-electron chi connectivity index (χ1n) is 15.0. The maximum atomic E-state index is 13.9. The lowest BCUT2D eigenvalue weighted by Crippen LogP contribution is -2.39. The van der Waals surface area contributed by atoms with Crippen molar-refractivity contribution in [3.8, 4) is 23.0 Å². The summed E-state index contributed by atoms with van der Waals surface area (Å²) in [4.78, 5) is 50.1. The van der Waals surface area contributed by atoms with Crippen molar-refractivity contribution >= 4 is 34.2 Å². The van der Waals surface area contributed by atoms with Gasteiger partial charge in [-0.15, -0.1) is 10.2 Å². The Kier molecular flexibility index (Phi) is 8.08. The average molecular weight is 626 g/mol. The highest BCUT2D eigenvalue weighted by molar-refractivity contribution is 7.17. The lowest BCUT2D eigenvalue weighted by molar-refractivity contribution is -0.124. The average Bonchev–Trinajstić information content (AvgIpc) is 3.49. The van der Waals surface area contributed by atoms with E-state index >= 15 is 0 Å². The summed E-state index contributed by atoms with van der Waals surface area (Å²) in [5.41, 5.74) is 3.35. The van der Waals surface area contributed by atoms with Gasteiger partial charge in [0, 0.05) is 53.5 Å². The Labute approximate surface area is 265 Å². The number of ether oxygens (including phenoxy) is 1. The van der Waals surface area contributed by atoms with E-state index in [1.165, 1.54) is 0 Å². The van der Waals surface area contributed by atoms with Gasteiger partial charge in [-0.25, -0.2) is 9.97 Å². The predicted molar refractivity (Wildman–Crippen MR) is 171 cm³/mol. The fraction of sp³-hybridized carbons (Fsp3) is 0.364. The molecular weight excluding hydrogens is 590 g/mol. The number of hydrogen-bond donors (Lipinski definition) is 2. The van der Waals surface area contributed by atoms with E-state index in [-0.39, 0.29) is 33.9 Å². The number of benzene rings is 1. The van der Waals surface area contributed by atoms with E-state index in [0.29, 0.717) is 29.6 Å². The molecule has 0 unspecified atom stereocenters. The number of pyridine rings is 2. The summed E-state index contributed by atoms with van der Waals surface area (Å²) in [5.74, 6) is -0.315. The van der Waals surface area contributed by atoms with Crippen LogP contribution in [0.4, 0.5) is 5.13 Å². The number of fused-ring (bicyclic) bond motifs is 2. The number of aryl methyl sites for hydroxylation is 1. The van der Waals surface area contributed by atoms with Crippen molar-refractivity contribution in [3.63, 3.8) is 0 Å². The van der Waals surface area contributed by atoms with Gasteiger partial charge >= 0.3 is 0 Å². The second kappa shape index (κ2) is 12.0. The Morgan fingerprint density at radius 1 is 0.978 bits per heavy atom. The molecule has 1 saturated carbocycles. The summed E-state index contributed by atoms with van der Waals surface area (Å²) in [6.07, 6.45) is 3.03. The molecule has 1 atom stereocenters. The normalized spacial score (nSPS) is 15.6. The smallest absolute Gasteiger partial charge is 0.282 e. The molecule has 0 saturated heterocycles. The predicted octanol–water partition coefficient (Wildman–Crippen LogP) is 5.58. The molecule has 2 N–H and O–H groups in total. The van der Waals surface area contributed by atoms with Gasteiger partial charge in [0.2, 0.25) is 27.8 Å². The molecule has 11 nitrogen and oxygen atoms in total. The van der Waals surface area contributed by atoms with E-state index in [1.54, 1.807) is 24.1 Å². The Morgan fingerprint density at radius 2 is 1.67 bits per heavy atom. The molecule has 1 aromatic carbocycles. The topological polar surface area (TPSA) is 139 Å². The molecule has 0 bridgehead atoms. The Balaban J connectivity index is 1.28. The number of amides is 3. The van der Waals surface area contributed by atoms with Gasteiger partial charge in [0.1, 0.15) is 0 Å². The van der Waals surface area contributed by atoms with Gasteiger partial charge in [0.15, 0.2) is 0 Å². The van der Waals surface area contributed by atoms with Crippen LogP contribution in [0.15, 0.2) is 48.5 Å². The zero-order valence-corrected chi connectivity index (χ0v) is 26.7. The molecule has 1 aliphatic heterocycles. The number of aromatic nitrogens is 4. The number of carbonyl (C=O) groups is 3. The Morgan fingerprint density at radius 3 is 2.33 bits per heavy atom. The van der Waals surface area contributed by atoms with Crippen LogP contribution in [0, 0.1) is 12.3 Å². The molecule has 6 rings (SSSR count). The SMILES string of the molecule is CCN(C)C(=O)c1ccc(-c2ccc3c(n2)Oc2nc(C)ccc2[C@@H]3C(C)(C)C(=O)Nc2nnc(C(=O)NC3CCC3)s2)cc1. The number of carbonyl (C=O) groups excluding carboxylic acids is 3. The van der Waals surface area contributed by atoms with Crippen LogP contribution in [-0.4, -0.2) is 62.4 Å². The lowest BCUT2D eigenvalue weighted by Gasteiger charge is -2.37. The van der Waals surface area contributed by atoms with Gasteiger partial charge < -0.3 is 20.3 Å². The summed E-state index contributed by atoms with van der Waals surface area (Å²) in [6.45, 7) is 8.14. The largest absolute Gasteiger partial charge is 0.420 e. The van der Waals surface area contributed by atoms with Gasteiger partial charge in [-0.3, -0.25) is 14.4 Å². The van der Waals surface area contributed by atoms with Gasteiger partial charge in [-0.05, 0) is 57.4 Å². The molecule has 3 aromatic heterocycles. The van der Waals surface area contributed by atoms with Crippen molar-refractivity contribution < 1.29 is 19.1 Å². The van der Waals surface area contributed by atoms with Crippen molar-refractivity contribution in [1.29, 1.82) is 0 Å². The molecule has 45 heavy (non-hydrogen) atoms. The summed E-state index contributed by atoms with van der Waals surface area (Å²) in [5, 5.41) is 14.4. The molecule has 12 heteroatoms. The maximum Gasteiger partial charge on any atom is 0.282 e. The molecule has 2 aliphatic rings. The quantitative estimate of drug-likeness (QED) is 0.259. The molecular formula is C33H35N7O4S. The minimum absolute atomic E-state index is 0.0473. The molecule has 4 heterocycles. The van der Waals surface area contributed by atoms with Crippen LogP contribution in [0.5, 0.6) is 11.8 Å². The van der Waals surface area contributed by atoms with Crippen LogP contribution in [0.25, 0.3) is 11.3 Å². The third-order valence-corrected chi connectivity index (χ3v) is 9.41. The van der Waals surface area contributed by atoms with Crippen LogP contribution in [0.2, 0.25) is 0 Å². The highest BCUT2D eigenvalue weighted by Crippen LogP contribution is 2.51. The van der Waals surface area contributed by atoms with E-state index < -0.39 is 11.3 Å². The molecule has 1 fully saturated rings. The number of anilines is 1. The highest BCUT2D eigenvalue weighted by Gasteiger charge is 2.45. The van der Waals surface area contributed by atoms with Crippen molar-refractivity contribution in [2.45, 2.75) is 58.9 Å². The van der Waals surface area contributed by atoms with E-state index in [9.17, 15) is 14.4 Å². The standard InChI is InChI=1S/C33H35N7O4S/c1-6-40(5)30(42)20-13-11-19(12-14-20)24-17-16-23-25(22-15-10-18(2)34-27(22)44-28(23)36-24)33(3,4)31(43)37-32-39-38-29(45-32)26(41)35-21-8-7-9-21/h10-17,21,25H,6-9H2,1-5H3,(H,35,41)(H,37,39,43)/t25-/m0/s1. The van der Waals surface area contributed by atoms with Gasteiger partial charge in [-0.1, -0.05) is 49.4 Å². The molecule has 0 spiro atoms. The number of rotatable bonds is 8. The third-order valence-electron chi connectivity index (χ3n) is 8.57. The molecule has 4 aromatic rings. The Bertz CT molecular complexity index is 1780. The van der Waals surface area contributed by atoms with E-state index in [0.717, 1.165) is 53.0 Å². The molecule has 0 radical (unpaired) electrons. The number of nitrogens with one attached hydrogen (secondary N) is 2. The monoisotopic (exact) mass is 625 g/mol. The second-order valence-electron chi connectivity index (χ2n) is 12.1. The zero-order valence-electron chi connectivity index (χ0n) is 25.9. The molecule has 1 aliphatic carbocycles.